The molecule has 1 fully saturated rings. The third kappa shape index (κ3) is 4.59. The second kappa shape index (κ2) is 9.27. The second-order valence-electron chi connectivity index (χ2n) is 7.98. The summed E-state index contributed by atoms with van der Waals surface area (Å²) in [6.07, 6.45) is 0.779. The van der Waals surface area contributed by atoms with Gasteiger partial charge in [0.2, 0.25) is 0 Å². The summed E-state index contributed by atoms with van der Waals surface area (Å²) in [5.74, 6) is 1.17. The molecular weight excluding hydrogens is 442 g/mol. The molecule has 2 heterocycles. The first-order valence-electron chi connectivity index (χ1n) is 10.7. The number of hydrogen-bond donors (Lipinski definition) is 0. The first-order chi connectivity index (χ1) is 15.8. The average molecular weight is 470 g/mol. The van der Waals surface area contributed by atoms with Crippen LogP contribution in [0.5, 0.6) is 11.5 Å². The number of sulfone groups is 1. The van der Waals surface area contributed by atoms with E-state index >= 15 is 0 Å². The van der Waals surface area contributed by atoms with Gasteiger partial charge in [-0.25, -0.2) is 8.42 Å². The summed E-state index contributed by atoms with van der Waals surface area (Å²) in [5, 5.41) is 3.97. The number of methoxy groups -OCH3 is 2. The minimum atomic E-state index is -3.47. The predicted molar refractivity (Wildman–Crippen MR) is 124 cm³/mol. The second-order valence-corrected chi connectivity index (χ2v) is 10.2. The Bertz CT molecular complexity index is 1240. The number of benzene rings is 2. The standard InChI is InChI=1S/C24H27N3O5S/c1-26-23(16-22(25-26)17-5-4-6-19(15-17)32-3)24(28)27-13-11-21(12-14-27)33(29,30)20-9-7-18(31-2)8-10-20/h4-10,15-16,21H,11-14H2,1-3H3. The van der Waals surface area contributed by atoms with Gasteiger partial charge in [0, 0.05) is 25.7 Å². The van der Waals surface area contributed by atoms with Crippen LogP contribution in [0.25, 0.3) is 11.3 Å². The third-order valence-electron chi connectivity index (χ3n) is 6.02. The molecule has 0 radical (unpaired) electrons. The summed E-state index contributed by atoms with van der Waals surface area (Å²) in [6.45, 7) is 0.747. The van der Waals surface area contributed by atoms with Crippen molar-refractivity contribution in [3.05, 3.63) is 60.3 Å². The van der Waals surface area contributed by atoms with Crippen molar-refractivity contribution in [2.24, 2.45) is 7.05 Å². The SMILES string of the molecule is COc1ccc(S(=O)(=O)C2CCN(C(=O)c3cc(-c4cccc(OC)c4)nn3C)CC2)cc1. The van der Waals surface area contributed by atoms with E-state index in [2.05, 4.69) is 5.10 Å². The number of amides is 1. The molecule has 0 unspecified atom stereocenters. The molecule has 9 heteroatoms. The van der Waals surface area contributed by atoms with Crippen molar-refractivity contribution in [2.45, 2.75) is 23.0 Å². The Balaban J connectivity index is 1.45. The molecule has 0 aliphatic carbocycles. The van der Waals surface area contributed by atoms with E-state index in [1.165, 1.54) is 7.11 Å². The molecule has 0 bridgehead atoms. The molecule has 3 aromatic rings. The highest BCUT2D eigenvalue weighted by atomic mass is 32.2. The number of carbonyl (C=O) groups excluding carboxylic acids is 1. The fourth-order valence-electron chi connectivity index (χ4n) is 4.08. The highest BCUT2D eigenvalue weighted by molar-refractivity contribution is 7.92. The van der Waals surface area contributed by atoms with Crippen LogP contribution in [-0.2, 0) is 16.9 Å². The first-order valence-corrected chi connectivity index (χ1v) is 12.2. The number of ether oxygens (including phenoxy) is 2. The molecule has 1 aliphatic heterocycles. The molecule has 33 heavy (non-hydrogen) atoms. The van der Waals surface area contributed by atoms with E-state index in [1.54, 1.807) is 54.1 Å². The van der Waals surface area contributed by atoms with E-state index in [1.807, 2.05) is 24.3 Å². The van der Waals surface area contributed by atoms with Crippen LogP contribution in [-0.4, -0.2) is 61.6 Å². The number of piperidine rings is 1. The lowest BCUT2D eigenvalue weighted by Crippen LogP contribution is -2.43. The number of hydrogen-bond acceptors (Lipinski definition) is 6. The van der Waals surface area contributed by atoms with Crippen LogP contribution in [0, 0.1) is 0 Å². The molecule has 4 rings (SSSR count). The zero-order valence-corrected chi connectivity index (χ0v) is 19.7. The van der Waals surface area contributed by atoms with Crippen LogP contribution in [0.1, 0.15) is 23.3 Å². The van der Waals surface area contributed by atoms with Crippen molar-refractivity contribution in [3.8, 4) is 22.8 Å². The van der Waals surface area contributed by atoms with Crippen molar-refractivity contribution in [2.75, 3.05) is 27.3 Å². The molecule has 1 amide bonds. The number of carbonyl (C=O) groups is 1. The van der Waals surface area contributed by atoms with Gasteiger partial charge in [-0.3, -0.25) is 9.48 Å². The van der Waals surface area contributed by atoms with Crippen LogP contribution in [0.4, 0.5) is 0 Å². The monoisotopic (exact) mass is 469 g/mol. The Morgan fingerprint density at radius 1 is 0.970 bits per heavy atom. The number of rotatable bonds is 6. The highest BCUT2D eigenvalue weighted by Gasteiger charge is 2.33. The first kappa shape index (κ1) is 22.8. The van der Waals surface area contributed by atoms with Gasteiger partial charge in [-0.15, -0.1) is 0 Å². The quantitative estimate of drug-likeness (QED) is 0.551. The van der Waals surface area contributed by atoms with Gasteiger partial charge in [0.1, 0.15) is 17.2 Å². The largest absolute Gasteiger partial charge is 0.497 e. The zero-order valence-electron chi connectivity index (χ0n) is 18.9. The van der Waals surface area contributed by atoms with E-state index < -0.39 is 15.1 Å². The van der Waals surface area contributed by atoms with E-state index in [4.69, 9.17) is 9.47 Å². The van der Waals surface area contributed by atoms with E-state index in [0.29, 0.717) is 48.8 Å². The van der Waals surface area contributed by atoms with Gasteiger partial charge in [0.25, 0.3) is 5.91 Å². The normalized spacial score (nSPS) is 14.8. The molecule has 1 aliphatic rings. The van der Waals surface area contributed by atoms with E-state index in [9.17, 15) is 13.2 Å². The molecule has 8 nitrogen and oxygen atoms in total. The zero-order chi connectivity index (χ0) is 23.6. The fraction of sp³-hybridized carbons (Fsp3) is 0.333. The van der Waals surface area contributed by atoms with Crippen LogP contribution in [0.2, 0.25) is 0 Å². The average Bonchev–Trinajstić information content (AvgIpc) is 3.25. The maximum Gasteiger partial charge on any atom is 0.272 e. The lowest BCUT2D eigenvalue weighted by Gasteiger charge is -2.31. The molecule has 1 aromatic heterocycles. The highest BCUT2D eigenvalue weighted by Crippen LogP contribution is 2.28. The third-order valence-corrected chi connectivity index (χ3v) is 8.30. The summed E-state index contributed by atoms with van der Waals surface area (Å²) < 4.78 is 38.0. The van der Waals surface area contributed by atoms with Gasteiger partial charge in [0.05, 0.1) is 30.1 Å². The molecule has 1 saturated heterocycles. The minimum absolute atomic E-state index is 0.153. The van der Waals surface area contributed by atoms with E-state index in [0.717, 1.165) is 5.56 Å². The topological polar surface area (TPSA) is 90.7 Å². The number of likely N-dealkylation sites (tertiary alicyclic amines) is 1. The van der Waals surface area contributed by atoms with Crippen molar-refractivity contribution in [1.82, 2.24) is 14.7 Å². The Kier molecular flexibility index (Phi) is 6.42. The smallest absolute Gasteiger partial charge is 0.272 e. The van der Waals surface area contributed by atoms with Crippen LogP contribution in [0.15, 0.2) is 59.5 Å². The van der Waals surface area contributed by atoms with Gasteiger partial charge in [-0.2, -0.15) is 5.10 Å². The molecule has 174 valence electrons. The Morgan fingerprint density at radius 2 is 1.64 bits per heavy atom. The van der Waals surface area contributed by atoms with E-state index in [-0.39, 0.29) is 10.8 Å². The van der Waals surface area contributed by atoms with Crippen LogP contribution in [0.3, 0.4) is 0 Å². The summed E-state index contributed by atoms with van der Waals surface area (Å²) in [4.78, 5) is 15.1. The molecule has 0 spiro atoms. The lowest BCUT2D eigenvalue weighted by molar-refractivity contribution is 0.0714. The molecule has 0 N–H and O–H groups in total. The van der Waals surface area contributed by atoms with Gasteiger partial charge in [-0.1, -0.05) is 12.1 Å². The van der Waals surface area contributed by atoms with Crippen LogP contribution < -0.4 is 9.47 Å². The molecule has 0 saturated carbocycles. The Hall–Kier alpha value is -3.33. The van der Waals surface area contributed by atoms with Crippen LogP contribution >= 0.6 is 0 Å². The van der Waals surface area contributed by atoms with Gasteiger partial charge in [0.15, 0.2) is 9.84 Å². The maximum atomic E-state index is 13.2. The molecular formula is C24H27N3O5S. The molecule has 2 aromatic carbocycles. The maximum absolute atomic E-state index is 13.2. The number of aryl methyl sites for hydroxylation is 1. The fourth-order valence-corrected chi connectivity index (χ4v) is 5.81. The van der Waals surface area contributed by atoms with Crippen molar-refractivity contribution in [3.63, 3.8) is 0 Å². The Labute approximate surface area is 193 Å². The van der Waals surface area contributed by atoms with Gasteiger partial charge < -0.3 is 14.4 Å². The summed E-state index contributed by atoms with van der Waals surface area (Å²) in [5.41, 5.74) is 1.99. The van der Waals surface area contributed by atoms with Crippen molar-refractivity contribution in [1.29, 1.82) is 0 Å². The number of nitrogens with zero attached hydrogens (tertiary/aromatic N) is 3. The summed E-state index contributed by atoms with van der Waals surface area (Å²) in [7, 11) is 1.41. The molecule has 0 atom stereocenters. The summed E-state index contributed by atoms with van der Waals surface area (Å²) in [6, 6.07) is 15.7. The van der Waals surface area contributed by atoms with Crippen molar-refractivity contribution < 1.29 is 22.7 Å². The van der Waals surface area contributed by atoms with Gasteiger partial charge in [-0.05, 0) is 55.3 Å². The van der Waals surface area contributed by atoms with Gasteiger partial charge >= 0.3 is 0 Å². The minimum Gasteiger partial charge on any atom is -0.497 e. The number of aromatic nitrogens is 2. The predicted octanol–water partition coefficient (Wildman–Crippen LogP) is 3.18. The summed E-state index contributed by atoms with van der Waals surface area (Å²) >= 11 is 0. The van der Waals surface area contributed by atoms with Crippen molar-refractivity contribution >= 4 is 15.7 Å². The Morgan fingerprint density at radius 3 is 2.27 bits per heavy atom. The lowest BCUT2D eigenvalue weighted by atomic mass is 10.1.